The van der Waals surface area contributed by atoms with Gasteiger partial charge in [-0.1, -0.05) is 17.3 Å². The Balaban J connectivity index is 1.57. The van der Waals surface area contributed by atoms with E-state index in [0.717, 1.165) is 11.8 Å². The number of alkyl halides is 3. The van der Waals surface area contributed by atoms with Crippen LogP contribution in [-0.2, 0) is 24.1 Å². The number of ether oxygens (including phenoxy) is 1. The Labute approximate surface area is 141 Å². The number of benzene rings is 1. The van der Waals surface area contributed by atoms with E-state index < -0.39 is 17.6 Å². The maximum Gasteiger partial charge on any atom is 0.419 e. The lowest BCUT2D eigenvalue weighted by Crippen LogP contribution is -2.47. The van der Waals surface area contributed by atoms with Crippen molar-refractivity contribution in [1.82, 2.24) is 19.9 Å². The third-order valence-corrected chi connectivity index (χ3v) is 4.79. The molecule has 0 radical (unpaired) electrons. The maximum absolute atomic E-state index is 13.7. The van der Waals surface area contributed by atoms with Gasteiger partial charge in [0.15, 0.2) is 0 Å². The second-order valence-electron chi connectivity index (χ2n) is 6.38. The molecule has 1 fully saturated rings. The van der Waals surface area contributed by atoms with Crippen LogP contribution < -0.4 is 0 Å². The van der Waals surface area contributed by atoms with Crippen LogP contribution in [0.15, 0.2) is 24.4 Å². The highest BCUT2D eigenvalue weighted by molar-refractivity contribution is 5.31. The van der Waals surface area contributed by atoms with E-state index in [9.17, 15) is 17.6 Å². The number of piperidine rings is 1. The van der Waals surface area contributed by atoms with Gasteiger partial charge < -0.3 is 4.74 Å². The summed E-state index contributed by atoms with van der Waals surface area (Å²) in [4.78, 5) is 1.88. The fourth-order valence-electron chi connectivity index (χ4n) is 3.65. The molecule has 5 nitrogen and oxygen atoms in total. The molecule has 0 amide bonds. The molecule has 0 bridgehead atoms. The van der Waals surface area contributed by atoms with Crippen molar-refractivity contribution in [3.8, 4) is 0 Å². The minimum atomic E-state index is -4.72. The van der Waals surface area contributed by atoms with Crippen LogP contribution in [0.2, 0.25) is 0 Å². The molecule has 2 aliphatic rings. The van der Waals surface area contributed by atoms with Gasteiger partial charge in [-0.2, -0.15) is 13.2 Å². The average Bonchev–Trinajstić information content (AvgIpc) is 3.02. The Hall–Kier alpha value is -2.00. The molecule has 1 aromatic heterocycles. The number of hydrogen-bond donors (Lipinski definition) is 0. The fraction of sp³-hybridized carbons (Fsp3) is 0.500. The fourth-order valence-corrected chi connectivity index (χ4v) is 3.65. The lowest BCUT2D eigenvalue weighted by molar-refractivity contribution is -0.141. The molecule has 134 valence electrons. The molecule has 2 atom stereocenters. The topological polar surface area (TPSA) is 43.2 Å². The van der Waals surface area contributed by atoms with Gasteiger partial charge in [-0.15, -0.1) is 5.10 Å². The van der Waals surface area contributed by atoms with Crippen LogP contribution in [-0.4, -0.2) is 39.1 Å². The van der Waals surface area contributed by atoms with Crippen molar-refractivity contribution in [2.24, 2.45) is 0 Å². The van der Waals surface area contributed by atoms with Gasteiger partial charge in [0.25, 0.3) is 0 Å². The third kappa shape index (κ3) is 3.02. The number of aromatic nitrogens is 3. The molecule has 4 rings (SSSR count). The standard InChI is InChI=1S/C16H16F4N4O/c17-12-3-1-2-10(15(12)16(18,19)20)7-23-5-4-14-13(8-23)24-11(9-25-14)6-21-22-24/h1-3,6,13-14H,4-5,7-9H2/t13-,14-/m0/s1. The minimum absolute atomic E-state index is 0.0276. The SMILES string of the molecule is Fc1cccc(CN2CC[C@@H]3OCc4cnnn4[C@H]3C2)c1C(F)(F)F. The Morgan fingerprint density at radius 2 is 2.12 bits per heavy atom. The molecular weight excluding hydrogens is 340 g/mol. The number of nitrogens with zero attached hydrogens (tertiary/aromatic N) is 4. The van der Waals surface area contributed by atoms with Crippen molar-refractivity contribution < 1.29 is 22.3 Å². The van der Waals surface area contributed by atoms with Crippen LogP contribution in [0.3, 0.4) is 0 Å². The molecule has 0 saturated carbocycles. The zero-order valence-corrected chi connectivity index (χ0v) is 13.2. The average molecular weight is 356 g/mol. The first kappa shape index (κ1) is 16.5. The van der Waals surface area contributed by atoms with E-state index in [4.69, 9.17) is 4.74 Å². The second-order valence-corrected chi connectivity index (χ2v) is 6.38. The molecule has 0 N–H and O–H groups in total. The summed E-state index contributed by atoms with van der Waals surface area (Å²) in [5.41, 5.74) is -0.384. The Morgan fingerprint density at radius 3 is 2.92 bits per heavy atom. The number of fused-ring (bicyclic) bond motifs is 3. The molecule has 0 spiro atoms. The molecule has 9 heteroatoms. The molecule has 25 heavy (non-hydrogen) atoms. The first-order chi connectivity index (χ1) is 11.9. The largest absolute Gasteiger partial charge is 0.419 e. The van der Waals surface area contributed by atoms with E-state index in [0.29, 0.717) is 26.1 Å². The molecule has 0 unspecified atom stereocenters. The summed E-state index contributed by atoms with van der Waals surface area (Å²) in [6.45, 7) is 1.53. The van der Waals surface area contributed by atoms with Crippen LogP contribution in [0, 0.1) is 5.82 Å². The van der Waals surface area contributed by atoms with Gasteiger partial charge in [-0.3, -0.25) is 4.90 Å². The summed E-state index contributed by atoms with van der Waals surface area (Å²) in [7, 11) is 0. The first-order valence-electron chi connectivity index (χ1n) is 8.01. The number of likely N-dealkylation sites (tertiary alicyclic amines) is 1. The summed E-state index contributed by atoms with van der Waals surface area (Å²) in [5.74, 6) is -1.24. The molecule has 1 saturated heterocycles. The summed E-state index contributed by atoms with van der Waals surface area (Å²) >= 11 is 0. The van der Waals surface area contributed by atoms with E-state index in [-0.39, 0.29) is 24.3 Å². The molecule has 2 aromatic rings. The Kier molecular flexibility index (Phi) is 3.99. The highest BCUT2D eigenvalue weighted by Gasteiger charge is 2.39. The highest BCUT2D eigenvalue weighted by Crippen LogP contribution is 2.36. The van der Waals surface area contributed by atoms with E-state index >= 15 is 0 Å². The van der Waals surface area contributed by atoms with Gasteiger partial charge in [0.1, 0.15) is 5.82 Å². The van der Waals surface area contributed by atoms with Gasteiger partial charge in [-0.05, 0) is 18.1 Å². The number of rotatable bonds is 2. The molecule has 3 heterocycles. The molecule has 0 aliphatic carbocycles. The van der Waals surface area contributed by atoms with Gasteiger partial charge in [-0.25, -0.2) is 9.07 Å². The van der Waals surface area contributed by atoms with Crippen LogP contribution >= 0.6 is 0 Å². The van der Waals surface area contributed by atoms with Crippen LogP contribution in [0.25, 0.3) is 0 Å². The summed E-state index contributed by atoms with van der Waals surface area (Å²) < 4.78 is 60.9. The number of halogens is 4. The van der Waals surface area contributed by atoms with Crippen LogP contribution in [0.1, 0.15) is 29.3 Å². The Bertz CT molecular complexity index is 776. The van der Waals surface area contributed by atoms with Gasteiger partial charge in [0, 0.05) is 19.6 Å². The van der Waals surface area contributed by atoms with Crippen molar-refractivity contribution >= 4 is 0 Å². The predicted octanol–water partition coefficient (Wildman–Crippen LogP) is 2.78. The maximum atomic E-state index is 13.7. The normalized spacial score (nSPS) is 24.0. The van der Waals surface area contributed by atoms with E-state index in [2.05, 4.69) is 10.3 Å². The van der Waals surface area contributed by atoms with E-state index in [1.807, 2.05) is 4.90 Å². The van der Waals surface area contributed by atoms with Crippen molar-refractivity contribution in [3.63, 3.8) is 0 Å². The molecule has 2 aliphatic heterocycles. The zero-order chi connectivity index (χ0) is 17.6. The summed E-state index contributed by atoms with van der Waals surface area (Å²) in [5, 5.41) is 7.95. The minimum Gasteiger partial charge on any atom is -0.370 e. The lowest BCUT2D eigenvalue weighted by Gasteiger charge is -2.41. The van der Waals surface area contributed by atoms with Gasteiger partial charge in [0.05, 0.1) is 36.2 Å². The Morgan fingerprint density at radius 1 is 1.28 bits per heavy atom. The van der Waals surface area contributed by atoms with Crippen LogP contribution in [0.5, 0.6) is 0 Å². The van der Waals surface area contributed by atoms with E-state index in [1.54, 1.807) is 10.9 Å². The lowest BCUT2D eigenvalue weighted by atomic mass is 9.98. The first-order valence-corrected chi connectivity index (χ1v) is 8.01. The summed E-state index contributed by atoms with van der Waals surface area (Å²) in [6.07, 6.45) is -2.43. The number of hydrogen-bond acceptors (Lipinski definition) is 4. The predicted molar refractivity (Wildman–Crippen MR) is 78.9 cm³/mol. The van der Waals surface area contributed by atoms with Gasteiger partial charge in [0.2, 0.25) is 0 Å². The monoisotopic (exact) mass is 356 g/mol. The molecule has 1 aromatic carbocycles. The summed E-state index contributed by atoms with van der Waals surface area (Å²) in [6, 6.07) is 3.39. The quantitative estimate of drug-likeness (QED) is 0.776. The second kappa shape index (κ2) is 6.06. The van der Waals surface area contributed by atoms with Crippen molar-refractivity contribution in [3.05, 3.63) is 47.0 Å². The van der Waals surface area contributed by atoms with E-state index in [1.165, 1.54) is 12.1 Å². The highest BCUT2D eigenvalue weighted by atomic mass is 19.4. The van der Waals surface area contributed by atoms with Crippen molar-refractivity contribution in [2.75, 3.05) is 13.1 Å². The van der Waals surface area contributed by atoms with Gasteiger partial charge >= 0.3 is 6.18 Å². The van der Waals surface area contributed by atoms with Crippen molar-refractivity contribution in [1.29, 1.82) is 0 Å². The zero-order valence-electron chi connectivity index (χ0n) is 13.2. The van der Waals surface area contributed by atoms with Crippen molar-refractivity contribution in [2.45, 2.75) is 37.9 Å². The third-order valence-electron chi connectivity index (χ3n) is 4.79. The smallest absolute Gasteiger partial charge is 0.370 e. The van der Waals surface area contributed by atoms with Crippen LogP contribution in [0.4, 0.5) is 17.6 Å². The molecular formula is C16H16F4N4O.